The van der Waals surface area contributed by atoms with Crippen molar-refractivity contribution in [1.29, 1.82) is 0 Å². The molecule has 0 bridgehead atoms. The molecular weight excluding hydrogens is 592 g/mol. The molecule has 0 aromatic heterocycles. The lowest BCUT2D eigenvalue weighted by Gasteiger charge is -2.25. The Labute approximate surface area is 224 Å². The molecule has 1 amide bonds. The number of carbonyl (C=O) groups excluding carboxylic acids is 1. The van der Waals surface area contributed by atoms with Crippen molar-refractivity contribution in [3.63, 3.8) is 0 Å². The van der Waals surface area contributed by atoms with Crippen LogP contribution in [0.15, 0.2) is 74.5 Å². The summed E-state index contributed by atoms with van der Waals surface area (Å²) in [5, 5.41) is 3.03. The predicted octanol–water partition coefficient (Wildman–Crippen LogP) is 6.26. The maximum Gasteiger partial charge on any atom is 0.264 e. The van der Waals surface area contributed by atoms with E-state index in [1.54, 1.807) is 24.3 Å². The van der Waals surface area contributed by atoms with Crippen molar-refractivity contribution in [3.8, 4) is 0 Å². The van der Waals surface area contributed by atoms with Gasteiger partial charge in [-0.25, -0.2) is 8.42 Å². The molecule has 1 aliphatic carbocycles. The third-order valence-corrected chi connectivity index (χ3v) is 9.15. The zero-order valence-corrected chi connectivity index (χ0v) is 23.7. The standard InChI is InChI=1S/C27H28Br2N2O3S/c1-18-13-19(2)15-24(14-18)31(35(33,34)25-8-5-22(28)6-9-25)12-11-27(32)30-17-21-4-3-20-16-23(29)7-10-26(20)21/h5-10,13-16,21H,3-4,11-12,17H2,1-2H3,(H,30,32). The van der Waals surface area contributed by atoms with Gasteiger partial charge in [0.05, 0.1) is 10.6 Å². The van der Waals surface area contributed by atoms with Crippen LogP contribution in [0.2, 0.25) is 0 Å². The second-order valence-electron chi connectivity index (χ2n) is 9.01. The van der Waals surface area contributed by atoms with E-state index in [9.17, 15) is 13.2 Å². The highest BCUT2D eigenvalue weighted by atomic mass is 79.9. The number of nitrogens with zero attached hydrogens (tertiary/aromatic N) is 1. The summed E-state index contributed by atoms with van der Waals surface area (Å²) in [5.74, 6) is 0.125. The highest BCUT2D eigenvalue weighted by Gasteiger charge is 2.27. The van der Waals surface area contributed by atoms with Gasteiger partial charge in [-0.1, -0.05) is 44.0 Å². The third kappa shape index (κ3) is 6.16. The Morgan fingerprint density at radius 1 is 0.971 bits per heavy atom. The van der Waals surface area contributed by atoms with Gasteiger partial charge >= 0.3 is 0 Å². The first-order valence-electron chi connectivity index (χ1n) is 11.5. The number of halogens is 2. The number of anilines is 1. The number of sulfonamides is 1. The molecule has 1 N–H and O–H groups in total. The van der Waals surface area contributed by atoms with Crippen molar-refractivity contribution in [2.45, 2.75) is 43.9 Å². The van der Waals surface area contributed by atoms with Crippen molar-refractivity contribution in [1.82, 2.24) is 5.32 Å². The van der Waals surface area contributed by atoms with Crippen LogP contribution in [0.3, 0.4) is 0 Å². The van der Waals surface area contributed by atoms with Gasteiger partial charge in [-0.05, 0) is 97.5 Å². The first kappa shape index (κ1) is 25.9. The van der Waals surface area contributed by atoms with Crippen LogP contribution in [0.1, 0.15) is 41.0 Å². The van der Waals surface area contributed by atoms with E-state index in [0.717, 1.165) is 32.9 Å². The molecular formula is C27H28Br2N2O3S. The first-order chi connectivity index (χ1) is 16.6. The zero-order valence-electron chi connectivity index (χ0n) is 19.7. The number of aryl methyl sites for hydroxylation is 3. The van der Waals surface area contributed by atoms with Crippen LogP contribution in [0.5, 0.6) is 0 Å². The molecule has 0 aliphatic heterocycles. The maximum atomic E-state index is 13.6. The van der Waals surface area contributed by atoms with Crippen molar-refractivity contribution in [2.24, 2.45) is 0 Å². The summed E-state index contributed by atoms with van der Waals surface area (Å²) in [4.78, 5) is 13.0. The number of hydrogen-bond donors (Lipinski definition) is 1. The summed E-state index contributed by atoms with van der Waals surface area (Å²) < 4.78 is 30.4. The normalized spacial score (nSPS) is 15.0. The molecule has 3 aromatic carbocycles. The van der Waals surface area contributed by atoms with Crippen LogP contribution >= 0.6 is 31.9 Å². The van der Waals surface area contributed by atoms with Gasteiger partial charge in [-0.3, -0.25) is 9.10 Å². The second kappa shape index (κ2) is 10.8. The van der Waals surface area contributed by atoms with Crippen LogP contribution in [-0.4, -0.2) is 27.4 Å². The number of fused-ring (bicyclic) bond motifs is 1. The molecule has 8 heteroatoms. The number of hydrogen-bond acceptors (Lipinski definition) is 3. The van der Waals surface area contributed by atoms with Crippen LogP contribution in [0, 0.1) is 13.8 Å². The summed E-state index contributed by atoms with van der Waals surface area (Å²) in [7, 11) is -3.85. The number of rotatable bonds is 8. The molecule has 0 saturated heterocycles. The summed E-state index contributed by atoms with van der Waals surface area (Å²) >= 11 is 6.88. The second-order valence-corrected chi connectivity index (χ2v) is 12.7. The van der Waals surface area contributed by atoms with Crippen LogP contribution in [0.25, 0.3) is 0 Å². The van der Waals surface area contributed by atoms with E-state index in [2.05, 4.69) is 49.3 Å². The minimum absolute atomic E-state index is 0.0569. The molecule has 0 spiro atoms. The summed E-state index contributed by atoms with van der Waals surface area (Å²) in [5.41, 5.74) is 5.09. The molecule has 0 fully saturated rings. The maximum absolute atomic E-state index is 13.6. The van der Waals surface area contributed by atoms with Gasteiger partial charge in [0.1, 0.15) is 0 Å². The van der Waals surface area contributed by atoms with Gasteiger partial charge < -0.3 is 5.32 Å². The molecule has 0 radical (unpaired) electrons. The van der Waals surface area contributed by atoms with Gasteiger partial charge in [0, 0.05) is 34.4 Å². The van der Waals surface area contributed by atoms with E-state index in [-0.39, 0.29) is 29.7 Å². The van der Waals surface area contributed by atoms with Gasteiger partial charge in [0.25, 0.3) is 10.0 Å². The molecule has 1 aliphatic rings. The van der Waals surface area contributed by atoms with Gasteiger partial charge in [-0.15, -0.1) is 0 Å². The average Bonchev–Trinajstić information content (AvgIpc) is 3.19. The number of amides is 1. The molecule has 184 valence electrons. The fraction of sp³-hybridized carbons (Fsp3) is 0.296. The van der Waals surface area contributed by atoms with E-state index in [4.69, 9.17) is 0 Å². The van der Waals surface area contributed by atoms with Gasteiger partial charge in [0.2, 0.25) is 5.91 Å². The Balaban J connectivity index is 1.49. The minimum Gasteiger partial charge on any atom is -0.355 e. The first-order valence-corrected chi connectivity index (χ1v) is 14.6. The number of carbonyl (C=O) groups is 1. The smallest absolute Gasteiger partial charge is 0.264 e. The van der Waals surface area contributed by atoms with E-state index >= 15 is 0 Å². The lowest BCUT2D eigenvalue weighted by Crippen LogP contribution is -2.36. The molecule has 1 atom stereocenters. The molecule has 5 nitrogen and oxygen atoms in total. The van der Waals surface area contributed by atoms with Crippen LogP contribution in [-0.2, 0) is 21.2 Å². The van der Waals surface area contributed by atoms with Crippen molar-refractivity contribution in [3.05, 3.63) is 91.9 Å². The highest BCUT2D eigenvalue weighted by Crippen LogP contribution is 2.34. The van der Waals surface area contributed by atoms with E-state index in [0.29, 0.717) is 12.2 Å². The topological polar surface area (TPSA) is 66.5 Å². The van der Waals surface area contributed by atoms with Crippen LogP contribution < -0.4 is 9.62 Å². The number of benzene rings is 3. The predicted molar refractivity (Wildman–Crippen MR) is 147 cm³/mol. The summed E-state index contributed by atoms with van der Waals surface area (Å²) in [6.45, 7) is 4.48. The Bertz CT molecular complexity index is 1320. The SMILES string of the molecule is Cc1cc(C)cc(N(CCC(=O)NCC2CCc3cc(Br)ccc32)S(=O)(=O)c2ccc(Br)cc2)c1. The Kier molecular flexibility index (Phi) is 8.03. The van der Waals surface area contributed by atoms with Crippen molar-refractivity contribution in [2.75, 3.05) is 17.4 Å². The molecule has 0 saturated carbocycles. The van der Waals surface area contributed by atoms with E-state index < -0.39 is 10.0 Å². The largest absolute Gasteiger partial charge is 0.355 e. The Hall–Kier alpha value is -2.16. The number of nitrogens with one attached hydrogen (secondary N) is 1. The molecule has 35 heavy (non-hydrogen) atoms. The Morgan fingerprint density at radius 3 is 2.31 bits per heavy atom. The minimum atomic E-state index is -3.85. The lowest BCUT2D eigenvalue weighted by atomic mass is 10.0. The van der Waals surface area contributed by atoms with Gasteiger partial charge in [0.15, 0.2) is 0 Å². The molecule has 1 unspecified atom stereocenters. The molecule has 4 rings (SSSR count). The molecule has 0 heterocycles. The van der Waals surface area contributed by atoms with E-state index in [1.165, 1.54) is 15.4 Å². The van der Waals surface area contributed by atoms with Gasteiger partial charge in [-0.2, -0.15) is 0 Å². The van der Waals surface area contributed by atoms with Crippen molar-refractivity contribution >= 4 is 53.5 Å². The zero-order chi connectivity index (χ0) is 25.2. The van der Waals surface area contributed by atoms with E-state index in [1.807, 2.05) is 38.1 Å². The highest BCUT2D eigenvalue weighted by molar-refractivity contribution is 9.10. The average molecular weight is 620 g/mol. The summed E-state index contributed by atoms with van der Waals surface area (Å²) in [6.07, 6.45) is 2.07. The lowest BCUT2D eigenvalue weighted by molar-refractivity contribution is -0.120. The Morgan fingerprint density at radius 2 is 1.63 bits per heavy atom. The van der Waals surface area contributed by atoms with Crippen LogP contribution in [0.4, 0.5) is 5.69 Å². The van der Waals surface area contributed by atoms with Crippen molar-refractivity contribution < 1.29 is 13.2 Å². The quantitative estimate of drug-likeness (QED) is 0.324. The summed E-state index contributed by atoms with van der Waals surface area (Å²) in [6, 6.07) is 18.5. The third-order valence-electron chi connectivity index (χ3n) is 6.29. The molecule has 3 aromatic rings. The monoisotopic (exact) mass is 618 g/mol. The fourth-order valence-corrected chi connectivity index (χ4v) is 6.75. The fourth-order valence-electron chi connectivity index (χ4n) is 4.63.